The van der Waals surface area contributed by atoms with E-state index in [0.29, 0.717) is 6.61 Å². The monoisotopic (exact) mass is 228 g/mol. The van der Waals surface area contributed by atoms with Crippen molar-refractivity contribution in [3.63, 3.8) is 0 Å². The average Bonchev–Trinajstić information content (AvgIpc) is 2.30. The van der Waals surface area contributed by atoms with Gasteiger partial charge in [0, 0.05) is 6.54 Å². The normalized spacial score (nSPS) is 19.4. The van der Waals surface area contributed by atoms with Gasteiger partial charge in [-0.05, 0) is 39.4 Å². The third-order valence-corrected chi connectivity index (χ3v) is 2.91. The van der Waals surface area contributed by atoms with Crippen molar-refractivity contribution in [2.24, 2.45) is 0 Å². The summed E-state index contributed by atoms with van der Waals surface area (Å²) in [5.74, 6) is -0.116. The standard InChI is InChI=1S/C12H24N2O2/c1-3-13-11(12(15)16-4-2)10-14-8-6-5-7-9-14/h11,13H,3-10H2,1-2H3. The van der Waals surface area contributed by atoms with Gasteiger partial charge in [-0.15, -0.1) is 0 Å². The number of hydrogen-bond acceptors (Lipinski definition) is 4. The van der Waals surface area contributed by atoms with Crippen molar-refractivity contribution in [2.75, 3.05) is 32.8 Å². The summed E-state index contributed by atoms with van der Waals surface area (Å²) in [5.41, 5.74) is 0. The number of hydrogen-bond donors (Lipinski definition) is 1. The van der Waals surface area contributed by atoms with Gasteiger partial charge in [-0.25, -0.2) is 0 Å². The Hall–Kier alpha value is -0.610. The van der Waals surface area contributed by atoms with E-state index < -0.39 is 0 Å². The lowest BCUT2D eigenvalue weighted by Crippen LogP contribution is -2.48. The Morgan fingerprint density at radius 1 is 1.31 bits per heavy atom. The molecule has 0 saturated carbocycles. The van der Waals surface area contributed by atoms with Gasteiger partial charge in [0.1, 0.15) is 6.04 Å². The van der Waals surface area contributed by atoms with Gasteiger partial charge < -0.3 is 15.0 Å². The molecular weight excluding hydrogens is 204 g/mol. The second-order valence-electron chi connectivity index (χ2n) is 4.22. The van der Waals surface area contributed by atoms with Gasteiger partial charge in [-0.1, -0.05) is 13.3 Å². The lowest BCUT2D eigenvalue weighted by molar-refractivity contribution is -0.146. The fraction of sp³-hybridized carbons (Fsp3) is 0.917. The molecule has 94 valence electrons. The predicted molar refractivity (Wildman–Crippen MR) is 64.4 cm³/mol. The smallest absolute Gasteiger partial charge is 0.324 e. The fourth-order valence-corrected chi connectivity index (χ4v) is 2.11. The van der Waals surface area contributed by atoms with Crippen LogP contribution in [0.2, 0.25) is 0 Å². The highest BCUT2D eigenvalue weighted by Gasteiger charge is 2.22. The fourth-order valence-electron chi connectivity index (χ4n) is 2.11. The van der Waals surface area contributed by atoms with E-state index in [2.05, 4.69) is 10.2 Å². The first-order valence-electron chi connectivity index (χ1n) is 6.40. The van der Waals surface area contributed by atoms with E-state index in [0.717, 1.165) is 26.2 Å². The van der Waals surface area contributed by atoms with Crippen LogP contribution in [0.1, 0.15) is 33.1 Å². The molecule has 0 radical (unpaired) electrons. The number of piperidine rings is 1. The second kappa shape index (κ2) is 7.63. The van der Waals surface area contributed by atoms with Crippen LogP contribution >= 0.6 is 0 Å². The summed E-state index contributed by atoms with van der Waals surface area (Å²) >= 11 is 0. The largest absolute Gasteiger partial charge is 0.465 e. The molecule has 1 N–H and O–H groups in total. The zero-order chi connectivity index (χ0) is 11.8. The van der Waals surface area contributed by atoms with Crippen LogP contribution in [0.5, 0.6) is 0 Å². The van der Waals surface area contributed by atoms with E-state index in [1.54, 1.807) is 0 Å². The molecule has 0 aliphatic carbocycles. The van der Waals surface area contributed by atoms with Gasteiger partial charge in [0.05, 0.1) is 6.61 Å². The SMILES string of the molecule is CCNC(CN1CCCCC1)C(=O)OCC. The van der Waals surface area contributed by atoms with E-state index in [1.165, 1.54) is 19.3 Å². The Morgan fingerprint density at radius 3 is 2.56 bits per heavy atom. The number of rotatable bonds is 6. The van der Waals surface area contributed by atoms with Crippen molar-refractivity contribution < 1.29 is 9.53 Å². The Kier molecular flexibility index (Phi) is 6.42. The zero-order valence-corrected chi connectivity index (χ0v) is 10.5. The summed E-state index contributed by atoms with van der Waals surface area (Å²) in [6, 6.07) is -0.164. The summed E-state index contributed by atoms with van der Waals surface area (Å²) in [6.07, 6.45) is 3.82. The van der Waals surface area contributed by atoms with Crippen LogP contribution in [0.3, 0.4) is 0 Å². The number of likely N-dealkylation sites (N-methyl/N-ethyl adjacent to an activating group) is 1. The van der Waals surface area contributed by atoms with Crippen molar-refractivity contribution in [3.05, 3.63) is 0 Å². The third-order valence-electron chi connectivity index (χ3n) is 2.91. The quantitative estimate of drug-likeness (QED) is 0.689. The van der Waals surface area contributed by atoms with E-state index in [-0.39, 0.29) is 12.0 Å². The molecule has 4 nitrogen and oxygen atoms in total. The Bertz CT molecular complexity index is 203. The van der Waals surface area contributed by atoms with Crippen LogP contribution in [0.4, 0.5) is 0 Å². The van der Waals surface area contributed by atoms with E-state index >= 15 is 0 Å². The first-order chi connectivity index (χ1) is 7.77. The average molecular weight is 228 g/mol. The second-order valence-corrected chi connectivity index (χ2v) is 4.22. The molecule has 0 bridgehead atoms. The molecule has 0 amide bonds. The summed E-state index contributed by atoms with van der Waals surface area (Å²) in [4.78, 5) is 14.1. The molecule has 0 aromatic heterocycles. The van der Waals surface area contributed by atoms with Gasteiger partial charge in [-0.2, -0.15) is 0 Å². The molecule has 1 atom stereocenters. The number of nitrogens with zero attached hydrogens (tertiary/aromatic N) is 1. The topological polar surface area (TPSA) is 41.6 Å². The van der Waals surface area contributed by atoms with Crippen LogP contribution in [0.25, 0.3) is 0 Å². The molecular formula is C12H24N2O2. The molecule has 1 aliphatic heterocycles. The van der Waals surface area contributed by atoms with Gasteiger partial charge in [0.15, 0.2) is 0 Å². The van der Waals surface area contributed by atoms with Gasteiger partial charge in [0.25, 0.3) is 0 Å². The Morgan fingerprint density at radius 2 is 2.00 bits per heavy atom. The zero-order valence-electron chi connectivity index (χ0n) is 10.5. The molecule has 1 unspecified atom stereocenters. The van der Waals surface area contributed by atoms with Crippen molar-refractivity contribution in [2.45, 2.75) is 39.2 Å². The number of ether oxygens (including phenoxy) is 1. The van der Waals surface area contributed by atoms with Crippen LogP contribution in [-0.2, 0) is 9.53 Å². The number of carbonyl (C=O) groups excluding carboxylic acids is 1. The lowest BCUT2D eigenvalue weighted by atomic mass is 10.1. The molecule has 4 heteroatoms. The van der Waals surface area contributed by atoms with E-state index in [4.69, 9.17) is 4.74 Å². The molecule has 0 aromatic rings. The highest BCUT2D eigenvalue weighted by molar-refractivity contribution is 5.76. The number of likely N-dealkylation sites (tertiary alicyclic amines) is 1. The maximum atomic E-state index is 11.7. The summed E-state index contributed by atoms with van der Waals surface area (Å²) < 4.78 is 5.07. The van der Waals surface area contributed by atoms with Crippen LogP contribution in [0, 0.1) is 0 Å². The van der Waals surface area contributed by atoms with E-state index in [1.807, 2.05) is 13.8 Å². The van der Waals surface area contributed by atoms with Crippen LogP contribution in [0.15, 0.2) is 0 Å². The number of carbonyl (C=O) groups is 1. The van der Waals surface area contributed by atoms with E-state index in [9.17, 15) is 4.79 Å². The molecule has 0 aromatic carbocycles. The van der Waals surface area contributed by atoms with Crippen LogP contribution < -0.4 is 5.32 Å². The van der Waals surface area contributed by atoms with Crippen molar-refractivity contribution >= 4 is 5.97 Å². The molecule has 0 spiro atoms. The number of nitrogens with one attached hydrogen (secondary N) is 1. The van der Waals surface area contributed by atoms with Gasteiger partial charge in [0.2, 0.25) is 0 Å². The minimum absolute atomic E-state index is 0.116. The third kappa shape index (κ3) is 4.49. The van der Waals surface area contributed by atoms with Crippen molar-refractivity contribution in [3.8, 4) is 0 Å². The minimum atomic E-state index is -0.164. The first kappa shape index (κ1) is 13.5. The molecule has 1 saturated heterocycles. The molecule has 16 heavy (non-hydrogen) atoms. The summed E-state index contributed by atoms with van der Waals surface area (Å²) in [5, 5.41) is 3.20. The maximum Gasteiger partial charge on any atom is 0.324 e. The first-order valence-corrected chi connectivity index (χ1v) is 6.40. The Labute approximate surface area is 98.3 Å². The maximum absolute atomic E-state index is 11.7. The molecule has 1 fully saturated rings. The predicted octanol–water partition coefficient (Wildman–Crippen LogP) is 1.01. The molecule has 1 aliphatic rings. The van der Waals surface area contributed by atoms with Gasteiger partial charge in [-0.3, -0.25) is 4.79 Å². The van der Waals surface area contributed by atoms with Crippen molar-refractivity contribution in [1.29, 1.82) is 0 Å². The molecule has 1 rings (SSSR count). The summed E-state index contributed by atoms with van der Waals surface area (Å²) in [6.45, 7) is 8.14. The lowest BCUT2D eigenvalue weighted by Gasteiger charge is -2.29. The Balaban J connectivity index is 2.39. The number of esters is 1. The highest BCUT2D eigenvalue weighted by Crippen LogP contribution is 2.09. The highest BCUT2D eigenvalue weighted by atomic mass is 16.5. The molecule has 1 heterocycles. The van der Waals surface area contributed by atoms with Crippen LogP contribution in [-0.4, -0.2) is 49.7 Å². The minimum Gasteiger partial charge on any atom is -0.465 e. The van der Waals surface area contributed by atoms with Gasteiger partial charge >= 0.3 is 5.97 Å². The van der Waals surface area contributed by atoms with Crippen molar-refractivity contribution in [1.82, 2.24) is 10.2 Å². The summed E-state index contributed by atoms with van der Waals surface area (Å²) in [7, 11) is 0.